The molecule has 0 amide bonds. The molecule has 9 nitrogen and oxygen atoms in total. The zero-order valence-corrected chi connectivity index (χ0v) is 9.92. The topological polar surface area (TPSA) is 145 Å². The number of imidazole rings is 1. The first kappa shape index (κ1) is 12.2. The second-order valence-corrected chi connectivity index (χ2v) is 4.40. The monoisotopic (exact) mass is 266 g/mol. The molecule has 1 aliphatic heterocycles. The maximum Gasteiger partial charge on any atom is 0.167 e. The summed E-state index contributed by atoms with van der Waals surface area (Å²) in [6, 6.07) is -0.674. The van der Waals surface area contributed by atoms with Crippen molar-refractivity contribution in [1.29, 1.82) is 0 Å². The van der Waals surface area contributed by atoms with Gasteiger partial charge in [0.05, 0.1) is 19.0 Å². The number of ether oxygens (including phenoxy) is 1. The van der Waals surface area contributed by atoms with Gasteiger partial charge in [0.25, 0.3) is 0 Å². The first-order chi connectivity index (χ1) is 9.13. The summed E-state index contributed by atoms with van der Waals surface area (Å²) in [5.74, 6) is 0.249. The standard InChI is InChI=1S/C10H14N6O3/c11-5-4(1-17)19-10(7(5)18)16-3-15-6-8(12)13-2-14-9(6)16/h2-5,7,10,17-18H,1,11H2,(H2,12,13,14)/t4-,5-,7-,10-/m0/s1. The Morgan fingerprint density at radius 1 is 1.37 bits per heavy atom. The highest BCUT2D eigenvalue weighted by Crippen LogP contribution is 2.30. The van der Waals surface area contributed by atoms with Crippen LogP contribution in [0.2, 0.25) is 0 Å². The maximum absolute atomic E-state index is 10.1. The van der Waals surface area contributed by atoms with Gasteiger partial charge >= 0.3 is 0 Å². The van der Waals surface area contributed by atoms with E-state index in [2.05, 4.69) is 15.0 Å². The van der Waals surface area contributed by atoms with Crippen LogP contribution in [0.3, 0.4) is 0 Å². The van der Waals surface area contributed by atoms with E-state index in [0.717, 1.165) is 0 Å². The minimum atomic E-state index is -0.967. The minimum Gasteiger partial charge on any atom is -0.394 e. The lowest BCUT2D eigenvalue weighted by atomic mass is 10.1. The molecule has 0 radical (unpaired) electrons. The van der Waals surface area contributed by atoms with Crippen molar-refractivity contribution >= 4 is 17.0 Å². The number of anilines is 1. The summed E-state index contributed by atoms with van der Waals surface area (Å²) in [6.07, 6.45) is 0.408. The van der Waals surface area contributed by atoms with Crippen LogP contribution in [0.5, 0.6) is 0 Å². The van der Waals surface area contributed by atoms with Gasteiger partial charge in [0.1, 0.15) is 24.1 Å². The Bertz CT molecular complexity index is 602. The SMILES string of the molecule is Nc1ncnc2c1ncn2[C@H]1O[C@@H](CO)[C@H](N)[C@@H]1O. The molecule has 1 saturated heterocycles. The fourth-order valence-electron chi connectivity index (χ4n) is 2.21. The lowest BCUT2D eigenvalue weighted by molar-refractivity contribution is -0.0488. The van der Waals surface area contributed by atoms with Gasteiger partial charge in [-0.15, -0.1) is 0 Å². The lowest BCUT2D eigenvalue weighted by Crippen LogP contribution is -2.41. The summed E-state index contributed by atoms with van der Waals surface area (Å²) in [7, 11) is 0. The van der Waals surface area contributed by atoms with Gasteiger partial charge in [-0.25, -0.2) is 15.0 Å². The Labute approximate surface area is 107 Å². The number of fused-ring (bicyclic) bond motifs is 1. The summed E-state index contributed by atoms with van der Waals surface area (Å²) >= 11 is 0. The average Bonchev–Trinajstić information content (AvgIpc) is 2.94. The molecule has 9 heteroatoms. The molecule has 0 saturated carbocycles. The van der Waals surface area contributed by atoms with Crippen LogP contribution in [0.4, 0.5) is 5.82 Å². The molecule has 0 aliphatic carbocycles. The fourth-order valence-corrected chi connectivity index (χ4v) is 2.21. The number of nitrogens with zero attached hydrogens (tertiary/aromatic N) is 4. The Kier molecular flexibility index (Phi) is 2.82. The van der Waals surface area contributed by atoms with Crippen LogP contribution in [0.15, 0.2) is 12.7 Å². The van der Waals surface area contributed by atoms with E-state index >= 15 is 0 Å². The normalized spacial score (nSPS) is 31.1. The van der Waals surface area contributed by atoms with E-state index in [1.807, 2.05) is 0 Å². The smallest absolute Gasteiger partial charge is 0.167 e. The summed E-state index contributed by atoms with van der Waals surface area (Å²) in [5, 5.41) is 19.2. The maximum atomic E-state index is 10.1. The van der Waals surface area contributed by atoms with Crippen LogP contribution in [0.1, 0.15) is 6.23 Å². The average molecular weight is 266 g/mol. The van der Waals surface area contributed by atoms with Crippen LogP contribution in [0.25, 0.3) is 11.2 Å². The number of hydrogen-bond acceptors (Lipinski definition) is 8. The van der Waals surface area contributed by atoms with E-state index in [1.165, 1.54) is 17.2 Å². The minimum absolute atomic E-state index is 0.249. The van der Waals surface area contributed by atoms with Gasteiger partial charge in [-0.05, 0) is 0 Å². The van der Waals surface area contributed by atoms with Crippen molar-refractivity contribution in [1.82, 2.24) is 19.5 Å². The van der Waals surface area contributed by atoms with Gasteiger partial charge in [0, 0.05) is 0 Å². The molecule has 1 aliphatic rings. The predicted octanol–water partition coefficient (Wildman–Crippen LogP) is -2.01. The Morgan fingerprint density at radius 2 is 2.16 bits per heavy atom. The van der Waals surface area contributed by atoms with Gasteiger partial charge < -0.3 is 26.4 Å². The van der Waals surface area contributed by atoms with Crippen molar-refractivity contribution < 1.29 is 14.9 Å². The second-order valence-electron chi connectivity index (χ2n) is 4.40. The summed E-state index contributed by atoms with van der Waals surface area (Å²) in [6.45, 7) is -0.265. The van der Waals surface area contributed by atoms with Gasteiger partial charge in [0.15, 0.2) is 17.7 Å². The van der Waals surface area contributed by atoms with Crippen LogP contribution in [-0.2, 0) is 4.74 Å². The highest BCUT2D eigenvalue weighted by Gasteiger charge is 2.42. The molecule has 102 valence electrons. The number of aliphatic hydroxyl groups is 2. The predicted molar refractivity (Wildman–Crippen MR) is 64.7 cm³/mol. The largest absolute Gasteiger partial charge is 0.394 e. The summed E-state index contributed by atoms with van der Waals surface area (Å²) in [5.41, 5.74) is 12.3. The molecule has 0 spiro atoms. The van der Waals surface area contributed by atoms with E-state index in [-0.39, 0.29) is 12.4 Å². The zero-order valence-electron chi connectivity index (χ0n) is 9.92. The molecule has 0 aromatic carbocycles. The number of nitrogen functional groups attached to an aromatic ring is 1. The van der Waals surface area contributed by atoms with E-state index in [1.54, 1.807) is 0 Å². The molecule has 3 heterocycles. The van der Waals surface area contributed by atoms with Gasteiger partial charge in [-0.2, -0.15) is 0 Å². The fraction of sp³-hybridized carbons (Fsp3) is 0.500. The van der Waals surface area contributed by atoms with Crippen molar-refractivity contribution in [2.75, 3.05) is 12.3 Å². The summed E-state index contributed by atoms with van der Waals surface area (Å²) in [4.78, 5) is 12.0. The molecule has 3 rings (SSSR count). The Hall–Kier alpha value is -1.81. The molecule has 2 aromatic rings. The molecule has 2 aromatic heterocycles. The van der Waals surface area contributed by atoms with Gasteiger partial charge in [-0.3, -0.25) is 4.57 Å². The van der Waals surface area contributed by atoms with Crippen LogP contribution < -0.4 is 11.5 Å². The number of aliphatic hydroxyl groups excluding tert-OH is 2. The van der Waals surface area contributed by atoms with Crippen LogP contribution in [0, 0.1) is 0 Å². The number of rotatable bonds is 2. The van der Waals surface area contributed by atoms with Gasteiger partial charge in [-0.1, -0.05) is 0 Å². The third kappa shape index (κ3) is 1.75. The van der Waals surface area contributed by atoms with Crippen molar-refractivity contribution in [3.8, 4) is 0 Å². The zero-order chi connectivity index (χ0) is 13.6. The highest BCUT2D eigenvalue weighted by atomic mass is 16.5. The second kappa shape index (κ2) is 4.38. The van der Waals surface area contributed by atoms with E-state index in [4.69, 9.17) is 21.3 Å². The van der Waals surface area contributed by atoms with Crippen LogP contribution >= 0.6 is 0 Å². The van der Waals surface area contributed by atoms with Crippen molar-refractivity contribution in [2.24, 2.45) is 5.73 Å². The van der Waals surface area contributed by atoms with Crippen molar-refractivity contribution in [2.45, 2.75) is 24.5 Å². The quantitative estimate of drug-likeness (QED) is 0.487. The number of hydrogen-bond donors (Lipinski definition) is 4. The van der Waals surface area contributed by atoms with Crippen LogP contribution in [-0.4, -0.2) is 54.6 Å². The molecular weight excluding hydrogens is 252 g/mol. The molecule has 0 unspecified atom stereocenters. The molecule has 19 heavy (non-hydrogen) atoms. The number of nitrogens with two attached hydrogens (primary N) is 2. The van der Waals surface area contributed by atoms with Crippen molar-refractivity contribution in [3.63, 3.8) is 0 Å². The Balaban J connectivity index is 2.04. The lowest BCUT2D eigenvalue weighted by Gasteiger charge is -2.16. The van der Waals surface area contributed by atoms with Crippen molar-refractivity contribution in [3.05, 3.63) is 12.7 Å². The summed E-state index contributed by atoms with van der Waals surface area (Å²) < 4.78 is 7.06. The first-order valence-corrected chi connectivity index (χ1v) is 5.76. The Morgan fingerprint density at radius 3 is 2.84 bits per heavy atom. The number of aromatic nitrogens is 4. The molecule has 6 N–H and O–H groups in total. The first-order valence-electron chi connectivity index (χ1n) is 5.76. The molecule has 4 atom stereocenters. The van der Waals surface area contributed by atoms with E-state index in [0.29, 0.717) is 11.2 Å². The van der Waals surface area contributed by atoms with E-state index in [9.17, 15) is 5.11 Å². The van der Waals surface area contributed by atoms with E-state index < -0.39 is 24.5 Å². The molecular formula is C10H14N6O3. The highest BCUT2D eigenvalue weighted by molar-refractivity contribution is 5.81. The molecule has 1 fully saturated rings. The molecule has 0 bridgehead atoms. The third-order valence-electron chi connectivity index (χ3n) is 3.27. The third-order valence-corrected chi connectivity index (χ3v) is 3.27. The van der Waals surface area contributed by atoms with Gasteiger partial charge in [0.2, 0.25) is 0 Å².